The molecule has 0 aromatic rings. The lowest BCUT2D eigenvalue weighted by Crippen LogP contribution is -1.94. The quantitative estimate of drug-likeness (QED) is 0.538. The largest absolute Gasteiger partial charge is 0.334 e. The van der Waals surface area contributed by atoms with Crippen LogP contribution in [0, 0.1) is 0 Å². The molecule has 0 aliphatic heterocycles. The first-order chi connectivity index (χ1) is 3.77. The highest BCUT2D eigenvalue weighted by Crippen LogP contribution is 1.88. The van der Waals surface area contributed by atoms with Gasteiger partial charge in [-0.1, -0.05) is 17.9 Å². The van der Waals surface area contributed by atoms with E-state index in [9.17, 15) is 8.76 Å². The van der Waals surface area contributed by atoms with Crippen LogP contribution in [0.2, 0.25) is 0 Å². The van der Waals surface area contributed by atoms with Gasteiger partial charge in [0.05, 0.1) is 6.61 Å². The first-order valence-corrected chi connectivity index (χ1v) is 3.50. The molecule has 4 heteroatoms. The van der Waals surface area contributed by atoms with E-state index in [0.717, 1.165) is 12.8 Å². The summed E-state index contributed by atoms with van der Waals surface area (Å²) < 4.78 is 23.5. The van der Waals surface area contributed by atoms with Crippen molar-refractivity contribution in [3.8, 4) is 0 Å². The van der Waals surface area contributed by atoms with Crippen LogP contribution < -0.4 is 0 Å². The van der Waals surface area contributed by atoms with Crippen molar-refractivity contribution in [2.75, 3.05) is 6.61 Å². The third-order valence-electron chi connectivity index (χ3n) is 0.677. The fraction of sp³-hybridized carbons (Fsp3) is 1.00. The van der Waals surface area contributed by atoms with E-state index in [1.165, 1.54) is 0 Å². The summed E-state index contributed by atoms with van der Waals surface area (Å²) in [4.78, 5) is 0. The van der Waals surface area contributed by atoms with Crippen molar-refractivity contribution in [3.05, 3.63) is 0 Å². The Morgan fingerprint density at radius 2 is 2.25 bits per heavy atom. The Kier molecular flexibility index (Phi) is 5.26. The first kappa shape index (κ1) is 8.07. The van der Waals surface area contributed by atoms with Crippen LogP contribution >= 0.6 is 0 Å². The van der Waals surface area contributed by atoms with E-state index < -0.39 is 11.4 Å². The molecular formula is C4H9O3S. The van der Waals surface area contributed by atoms with Crippen LogP contribution in [0.4, 0.5) is 0 Å². The second kappa shape index (κ2) is 5.21. The Morgan fingerprint density at radius 3 is 2.62 bits per heavy atom. The molecule has 0 rings (SSSR count). The molecule has 0 N–H and O–H groups in total. The third kappa shape index (κ3) is 6.07. The van der Waals surface area contributed by atoms with Crippen molar-refractivity contribution >= 4 is 11.4 Å². The molecule has 0 heterocycles. The molecule has 0 saturated heterocycles. The van der Waals surface area contributed by atoms with Crippen molar-refractivity contribution in [1.29, 1.82) is 0 Å². The molecule has 0 spiro atoms. The van der Waals surface area contributed by atoms with Crippen LogP contribution in [-0.4, -0.2) is 10.8 Å². The van der Waals surface area contributed by atoms with E-state index >= 15 is 0 Å². The molecule has 0 aliphatic carbocycles. The lowest BCUT2D eigenvalue weighted by atomic mass is 10.4. The van der Waals surface area contributed by atoms with Gasteiger partial charge in [0.15, 0.2) is 0 Å². The van der Waals surface area contributed by atoms with Crippen LogP contribution in [0.1, 0.15) is 19.8 Å². The Hall–Kier alpha value is 0.0700. The van der Waals surface area contributed by atoms with Gasteiger partial charge in [-0.3, -0.25) is 4.18 Å². The zero-order valence-corrected chi connectivity index (χ0v) is 5.57. The van der Waals surface area contributed by atoms with Crippen molar-refractivity contribution in [2.45, 2.75) is 19.8 Å². The minimum absolute atomic E-state index is 0.312. The van der Waals surface area contributed by atoms with Crippen molar-refractivity contribution in [3.63, 3.8) is 0 Å². The predicted molar refractivity (Wildman–Crippen MR) is 29.7 cm³/mol. The Labute approximate surface area is 51.5 Å². The van der Waals surface area contributed by atoms with Gasteiger partial charge in [-0.2, -0.15) is 4.21 Å². The molecular weight excluding hydrogens is 128 g/mol. The molecule has 1 radical (unpaired) electrons. The van der Waals surface area contributed by atoms with E-state index in [0.29, 0.717) is 6.61 Å². The summed E-state index contributed by atoms with van der Waals surface area (Å²) in [5.41, 5.74) is 0. The first-order valence-electron chi connectivity index (χ1n) is 2.50. The minimum atomic E-state index is -2.32. The number of rotatable bonds is 4. The molecule has 0 saturated carbocycles. The van der Waals surface area contributed by atoms with Crippen molar-refractivity contribution in [1.82, 2.24) is 0 Å². The lowest BCUT2D eigenvalue weighted by Gasteiger charge is -1.91. The Balaban J connectivity index is 2.82. The van der Waals surface area contributed by atoms with Crippen LogP contribution in [0.15, 0.2) is 0 Å². The maximum atomic E-state index is 9.65. The maximum absolute atomic E-state index is 9.65. The standard InChI is InChI=1S/C4H9O3S/c1-2-3-4-7-8(5)6/h2-4H2,1H3. The fourth-order valence-electron chi connectivity index (χ4n) is 0.271. The molecule has 0 aromatic carbocycles. The summed E-state index contributed by atoms with van der Waals surface area (Å²) >= 11 is -2.32. The topological polar surface area (TPSA) is 46.2 Å². The van der Waals surface area contributed by atoms with E-state index in [1.54, 1.807) is 0 Å². The average molecular weight is 137 g/mol. The van der Waals surface area contributed by atoms with Crippen LogP contribution in [0.3, 0.4) is 0 Å². The molecule has 0 aliphatic rings. The average Bonchev–Trinajstić information content (AvgIpc) is 1.66. The molecule has 0 fully saturated rings. The number of unbranched alkanes of at least 4 members (excludes halogenated alkanes) is 1. The highest BCUT2D eigenvalue weighted by Gasteiger charge is 1.91. The van der Waals surface area contributed by atoms with Crippen molar-refractivity contribution < 1.29 is 12.9 Å². The van der Waals surface area contributed by atoms with E-state index in [1.807, 2.05) is 6.92 Å². The molecule has 0 amide bonds. The highest BCUT2D eigenvalue weighted by atomic mass is 32.2. The molecule has 1 atom stereocenters. The lowest BCUT2D eigenvalue weighted by molar-refractivity contribution is 0.278. The SMILES string of the molecule is CCCCOS([O])=O. The summed E-state index contributed by atoms with van der Waals surface area (Å²) in [6.07, 6.45) is 1.76. The van der Waals surface area contributed by atoms with Gasteiger partial charge in [-0.25, -0.2) is 0 Å². The van der Waals surface area contributed by atoms with Crippen LogP contribution in [0.25, 0.3) is 0 Å². The van der Waals surface area contributed by atoms with Gasteiger partial charge >= 0.3 is 11.4 Å². The van der Waals surface area contributed by atoms with Gasteiger partial charge in [-0.05, 0) is 6.42 Å². The third-order valence-corrected chi connectivity index (χ3v) is 1.04. The summed E-state index contributed by atoms with van der Waals surface area (Å²) in [7, 11) is 0. The second-order valence-corrected chi connectivity index (χ2v) is 2.02. The summed E-state index contributed by atoms with van der Waals surface area (Å²) in [6, 6.07) is 0. The zero-order valence-electron chi connectivity index (χ0n) is 4.75. The Morgan fingerprint density at radius 1 is 1.62 bits per heavy atom. The number of hydrogen-bond donors (Lipinski definition) is 0. The molecule has 49 valence electrons. The molecule has 8 heavy (non-hydrogen) atoms. The smallest absolute Gasteiger partial charge is 0.267 e. The van der Waals surface area contributed by atoms with Gasteiger partial charge in [0.2, 0.25) is 0 Å². The summed E-state index contributed by atoms with van der Waals surface area (Å²) in [6.45, 7) is 2.28. The summed E-state index contributed by atoms with van der Waals surface area (Å²) in [5, 5.41) is 0. The van der Waals surface area contributed by atoms with E-state index in [2.05, 4.69) is 4.18 Å². The molecule has 3 nitrogen and oxygen atoms in total. The molecule has 0 bridgehead atoms. The minimum Gasteiger partial charge on any atom is -0.267 e. The predicted octanol–water partition coefficient (Wildman–Crippen LogP) is 0.812. The summed E-state index contributed by atoms with van der Waals surface area (Å²) in [5.74, 6) is 0. The van der Waals surface area contributed by atoms with Crippen molar-refractivity contribution in [2.24, 2.45) is 0 Å². The second-order valence-electron chi connectivity index (χ2n) is 1.38. The molecule has 1 unspecified atom stereocenters. The van der Waals surface area contributed by atoms with Gasteiger partial charge in [0.1, 0.15) is 0 Å². The normalized spacial score (nSPS) is 13.8. The number of hydrogen-bond acceptors (Lipinski definition) is 2. The van der Waals surface area contributed by atoms with Crippen LogP contribution in [0.5, 0.6) is 0 Å². The monoisotopic (exact) mass is 137 g/mol. The maximum Gasteiger partial charge on any atom is 0.334 e. The Bertz CT molecular complexity index is 73.7. The van der Waals surface area contributed by atoms with Gasteiger partial charge in [0.25, 0.3) is 0 Å². The fourth-order valence-corrected chi connectivity index (χ4v) is 0.525. The van der Waals surface area contributed by atoms with Gasteiger partial charge in [0, 0.05) is 0 Å². The van der Waals surface area contributed by atoms with Gasteiger partial charge < -0.3 is 0 Å². The van der Waals surface area contributed by atoms with Gasteiger partial charge in [-0.15, -0.1) is 0 Å². The highest BCUT2D eigenvalue weighted by molar-refractivity contribution is 7.73. The zero-order chi connectivity index (χ0) is 6.41. The van der Waals surface area contributed by atoms with Crippen LogP contribution in [-0.2, 0) is 20.1 Å². The van der Waals surface area contributed by atoms with E-state index in [4.69, 9.17) is 0 Å². The molecule has 0 aromatic heterocycles. The van der Waals surface area contributed by atoms with E-state index in [-0.39, 0.29) is 0 Å².